The van der Waals surface area contributed by atoms with Crippen molar-refractivity contribution < 1.29 is 38.4 Å². The number of hydrogen-bond donors (Lipinski definition) is 6. The molecule has 0 heterocycles. The van der Waals surface area contributed by atoms with Gasteiger partial charge in [0.2, 0.25) is 10.0 Å². The van der Waals surface area contributed by atoms with Gasteiger partial charge in [-0.25, -0.2) is 8.42 Å². The van der Waals surface area contributed by atoms with E-state index in [1.54, 1.807) is 24.3 Å². The van der Waals surface area contributed by atoms with E-state index in [0.717, 1.165) is 50.6 Å². The van der Waals surface area contributed by atoms with E-state index in [1.165, 1.54) is 12.1 Å². The van der Waals surface area contributed by atoms with E-state index in [0.29, 0.717) is 37.3 Å². The molecule has 0 aliphatic carbocycles. The molecular weight excluding hydrogens is 512 g/mol. The first-order valence-corrected chi connectivity index (χ1v) is 14.4. The van der Waals surface area contributed by atoms with E-state index in [9.17, 15) is 28.5 Å². The van der Waals surface area contributed by atoms with Crippen molar-refractivity contribution in [1.82, 2.24) is 10.0 Å². The van der Waals surface area contributed by atoms with Gasteiger partial charge in [0.15, 0.2) is 0 Å². The Labute approximate surface area is 224 Å². The molecule has 0 spiro atoms. The van der Waals surface area contributed by atoms with Crippen molar-refractivity contribution in [2.24, 2.45) is 0 Å². The highest BCUT2D eigenvalue weighted by Crippen LogP contribution is 2.22. The smallest absolute Gasteiger partial charge is 0.318 e. The minimum atomic E-state index is -3.84. The van der Waals surface area contributed by atoms with Crippen LogP contribution in [0.1, 0.15) is 61.3 Å². The normalized spacial score (nSPS) is 12.5. The summed E-state index contributed by atoms with van der Waals surface area (Å²) in [6.07, 6.45) is 5.81. The number of aliphatic hydroxyl groups is 2. The summed E-state index contributed by atoms with van der Waals surface area (Å²) in [6, 6.07) is 11.3. The van der Waals surface area contributed by atoms with Crippen LogP contribution in [0.3, 0.4) is 0 Å². The van der Waals surface area contributed by atoms with Crippen LogP contribution in [0.5, 0.6) is 5.75 Å². The van der Waals surface area contributed by atoms with E-state index in [1.807, 2.05) is 6.07 Å². The summed E-state index contributed by atoms with van der Waals surface area (Å²) in [5.74, 6) is -1.22. The van der Waals surface area contributed by atoms with Crippen LogP contribution in [0.4, 0.5) is 0 Å². The Morgan fingerprint density at radius 3 is 2.45 bits per heavy atom. The lowest BCUT2D eigenvalue weighted by Gasteiger charge is -2.14. The van der Waals surface area contributed by atoms with Gasteiger partial charge in [-0.05, 0) is 74.0 Å². The zero-order chi connectivity index (χ0) is 27.8. The summed E-state index contributed by atoms with van der Waals surface area (Å²) >= 11 is 0. The number of aliphatic hydroxyl groups excluding tert-OH is 2. The summed E-state index contributed by atoms with van der Waals surface area (Å²) in [5.41, 5.74) is 1.93. The van der Waals surface area contributed by atoms with E-state index >= 15 is 0 Å². The van der Waals surface area contributed by atoms with Crippen LogP contribution in [0.15, 0.2) is 47.4 Å². The van der Waals surface area contributed by atoms with Crippen LogP contribution < -0.4 is 10.0 Å². The Kier molecular flexibility index (Phi) is 14.3. The molecule has 0 aliphatic rings. The number of ether oxygens (including phenoxy) is 1. The minimum Gasteiger partial charge on any atom is -0.508 e. The molecule has 2 aromatic carbocycles. The number of carboxylic acid groups (broad SMARTS) is 1. The van der Waals surface area contributed by atoms with E-state index in [2.05, 4.69) is 10.0 Å². The molecular formula is C27H40N2O8S. The zero-order valence-electron chi connectivity index (χ0n) is 21.6. The third-order valence-electron chi connectivity index (χ3n) is 6.01. The highest BCUT2D eigenvalue weighted by molar-refractivity contribution is 7.89. The number of carbonyl (C=O) groups is 1. The maximum Gasteiger partial charge on any atom is 0.318 e. The molecule has 6 N–H and O–H groups in total. The predicted octanol–water partition coefficient (Wildman–Crippen LogP) is 2.47. The molecule has 0 unspecified atom stereocenters. The molecule has 212 valence electrons. The Morgan fingerprint density at radius 1 is 0.974 bits per heavy atom. The Morgan fingerprint density at radius 2 is 1.71 bits per heavy atom. The second-order valence-electron chi connectivity index (χ2n) is 9.12. The SMILES string of the molecule is O=C(O)CNS(=O)(=O)c1cccc(CCCCOCCCCCCNC[C@H](O)c2ccc(O)c(CO)c2)c1. The van der Waals surface area contributed by atoms with Crippen LogP contribution in [-0.4, -0.2) is 67.7 Å². The first-order chi connectivity index (χ1) is 18.2. The number of nitrogens with one attached hydrogen (secondary N) is 2. The second-order valence-corrected chi connectivity index (χ2v) is 10.9. The van der Waals surface area contributed by atoms with Crippen LogP contribution in [0.25, 0.3) is 0 Å². The van der Waals surface area contributed by atoms with Crippen molar-refractivity contribution in [3.63, 3.8) is 0 Å². The summed E-state index contributed by atoms with van der Waals surface area (Å²) in [7, 11) is -3.84. The lowest BCUT2D eigenvalue weighted by molar-refractivity contribution is -0.135. The summed E-state index contributed by atoms with van der Waals surface area (Å²) < 4.78 is 32.1. The number of benzene rings is 2. The van der Waals surface area contributed by atoms with Crippen molar-refractivity contribution >= 4 is 16.0 Å². The van der Waals surface area contributed by atoms with Gasteiger partial charge in [0.1, 0.15) is 12.3 Å². The van der Waals surface area contributed by atoms with Gasteiger partial charge in [0.25, 0.3) is 0 Å². The topological polar surface area (TPSA) is 165 Å². The number of aryl methyl sites for hydroxylation is 1. The van der Waals surface area contributed by atoms with Gasteiger partial charge in [0, 0.05) is 25.3 Å². The van der Waals surface area contributed by atoms with Gasteiger partial charge < -0.3 is 30.5 Å². The maximum absolute atomic E-state index is 12.2. The number of sulfonamides is 1. The van der Waals surface area contributed by atoms with E-state index < -0.39 is 28.6 Å². The third kappa shape index (κ3) is 11.9. The first-order valence-electron chi connectivity index (χ1n) is 12.9. The third-order valence-corrected chi connectivity index (χ3v) is 7.41. The van der Waals surface area contributed by atoms with Gasteiger partial charge in [-0.1, -0.05) is 31.0 Å². The largest absolute Gasteiger partial charge is 0.508 e. The van der Waals surface area contributed by atoms with Gasteiger partial charge in [-0.3, -0.25) is 4.79 Å². The number of phenols is 1. The Hall–Kier alpha value is -2.54. The lowest BCUT2D eigenvalue weighted by atomic mass is 10.1. The van der Waals surface area contributed by atoms with Gasteiger partial charge in [-0.2, -0.15) is 4.72 Å². The fourth-order valence-corrected chi connectivity index (χ4v) is 4.89. The van der Waals surface area contributed by atoms with Crippen LogP contribution >= 0.6 is 0 Å². The highest BCUT2D eigenvalue weighted by atomic mass is 32.2. The van der Waals surface area contributed by atoms with Crippen molar-refractivity contribution in [2.75, 3.05) is 32.8 Å². The van der Waals surface area contributed by atoms with Gasteiger partial charge in [-0.15, -0.1) is 0 Å². The standard InChI is InChI=1S/C27H40N2O8S/c30-20-23-17-22(11-12-25(23)31)26(32)18-28-13-4-1-2-5-14-37-15-6-3-8-21-9-7-10-24(16-21)38(35,36)29-19-27(33)34/h7,9-12,16-17,26,28-32H,1-6,8,13-15,18-20H2,(H,33,34)/t26-/m0/s1. The molecule has 10 nitrogen and oxygen atoms in total. The number of aromatic hydroxyl groups is 1. The second kappa shape index (κ2) is 17.1. The van der Waals surface area contributed by atoms with Gasteiger partial charge in [0.05, 0.1) is 17.6 Å². The Bertz CT molecular complexity index is 1090. The monoisotopic (exact) mass is 552 g/mol. The lowest BCUT2D eigenvalue weighted by Crippen LogP contribution is -2.29. The molecule has 1 atom stereocenters. The molecule has 0 radical (unpaired) electrons. The number of carboxylic acids is 1. The number of hydrogen-bond acceptors (Lipinski definition) is 8. The molecule has 0 saturated heterocycles. The number of unbranched alkanes of at least 4 members (excludes halogenated alkanes) is 4. The predicted molar refractivity (Wildman–Crippen MR) is 143 cm³/mol. The first kappa shape index (κ1) is 31.7. The number of aliphatic carboxylic acids is 1. The molecule has 0 aromatic heterocycles. The number of rotatable bonds is 20. The molecule has 38 heavy (non-hydrogen) atoms. The molecule has 0 fully saturated rings. The van der Waals surface area contributed by atoms with E-state index in [4.69, 9.17) is 9.84 Å². The quantitative estimate of drug-likeness (QED) is 0.135. The van der Waals surface area contributed by atoms with Crippen molar-refractivity contribution in [3.8, 4) is 5.75 Å². The van der Waals surface area contributed by atoms with E-state index in [-0.39, 0.29) is 17.3 Å². The van der Waals surface area contributed by atoms with Crippen molar-refractivity contribution in [2.45, 2.75) is 62.6 Å². The minimum absolute atomic E-state index is 0.0199. The van der Waals surface area contributed by atoms with Crippen LogP contribution in [0.2, 0.25) is 0 Å². The van der Waals surface area contributed by atoms with Crippen molar-refractivity contribution in [3.05, 3.63) is 59.2 Å². The van der Waals surface area contributed by atoms with Crippen molar-refractivity contribution in [1.29, 1.82) is 0 Å². The molecule has 2 aromatic rings. The fourth-order valence-electron chi connectivity index (χ4n) is 3.85. The average Bonchev–Trinajstić information content (AvgIpc) is 2.90. The summed E-state index contributed by atoms with van der Waals surface area (Å²) in [5, 5.41) is 41.0. The van der Waals surface area contributed by atoms with Crippen LogP contribution in [0, 0.1) is 0 Å². The molecule has 0 bridgehead atoms. The molecule has 0 aliphatic heterocycles. The van der Waals surface area contributed by atoms with Gasteiger partial charge >= 0.3 is 5.97 Å². The average molecular weight is 553 g/mol. The van der Waals surface area contributed by atoms with Crippen LogP contribution in [-0.2, 0) is 32.6 Å². The summed E-state index contributed by atoms with van der Waals surface area (Å²) in [4.78, 5) is 10.7. The molecule has 2 rings (SSSR count). The fraction of sp³-hybridized carbons (Fsp3) is 0.519. The molecule has 0 saturated carbocycles. The summed E-state index contributed by atoms with van der Waals surface area (Å²) in [6.45, 7) is 1.61. The highest BCUT2D eigenvalue weighted by Gasteiger charge is 2.15. The maximum atomic E-state index is 12.2. The molecule has 11 heteroatoms. The Balaban J connectivity index is 1.47. The zero-order valence-corrected chi connectivity index (χ0v) is 22.5. The molecule has 0 amide bonds.